The summed E-state index contributed by atoms with van der Waals surface area (Å²) in [4.78, 5) is 20.9. The molecule has 4 nitrogen and oxygen atoms in total. The highest BCUT2D eigenvalue weighted by Crippen LogP contribution is 2.39. The van der Waals surface area contributed by atoms with Gasteiger partial charge in [-0.15, -0.1) is 0 Å². The van der Waals surface area contributed by atoms with E-state index in [1.165, 1.54) is 18.6 Å². The van der Waals surface area contributed by atoms with Crippen LogP contribution in [0.1, 0.15) is 32.1 Å². The molecular formula is C10H16O4S2. The van der Waals surface area contributed by atoms with E-state index in [2.05, 4.69) is 9.47 Å². The highest BCUT2D eigenvalue weighted by molar-refractivity contribution is 8.77. The first-order valence-electron chi connectivity index (χ1n) is 5.32. The number of esters is 1. The molecule has 1 saturated heterocycles. The summed E-state index contributed by atoms with van der Waals surface area (Å²) < 4.78 is 8.91. The Morgan fingerprint density at radius 3 is 3.00 bits per heavy atom. The second-order valence-electron chi connectivity index (χ2n) is 3.47. The van der Waals surface area contributed by atoms with Crippen LogP contribution < -0.4 is 0 Å². The smallest absolute Gasteiger partial charge is 0.308 e. The molecule has 16 heavy (non-hydrogen) atoms. The maximum absolute atomic E-state index is 11.1. The Kier molecular flexibility index (Phi) is 7.50. The Hall–Kier alpha value is -0.360. The van der Waals surface area contributed by atoms with Crippen LogP contribution in [-0.4, -0.2) is 30.2 Å². The van der Waals surface area contributed by atoms with Crippen LogP contribution in [0.25, 0.3) is 0 Å². The normalized spacial score (nSPS) is 19.4. The van der Waals surface area contributed by atoms with E-state index in [0.717, 1.165) is 18.1 Å². The van der Waals surface area contributed by atoms with Crippen molar-refractivity contribution in [2.75, 3.05) is 12.5 Å². The zero-order chi connectivity index (χ0) is 11.6. The summed E-state index contributed by atoms with van der Waals surface area (Å²) in [7, 11) is 3.90. The summed E-state index contributed by atoms with van der Waals surface area (Å²) in [5, 5.41) is 0.763. The van der Waals surface area contributed by atoms with E-state index in [1.807, 2.05) is 21.6 Å². The second kappa shape index (κ2) is 8.75. The number of rotatable bonds is 8. The summed E-state index contributed by atoms with van der Waals surface area (Å²) in [5.41, 5.74) is 0. The fourth-order valence-electron chi connectivity index (χ4n) is 1.41. The van der Waals surface area contributed by atoms with Gasteiger partial charge in [-0.1, -0.05) is 28.0 Å². The summed E-state index contributed by atoms with van der Waals surface area (Å²) >= 11 is 0. The predicted octanol–water partition coefficient (Wildman–Crippen LogP) is 2.37. The minimum absolute atomic E-state index is 0.266. The number of hydrogen-bond acceptors (Lipinski definition) is 6. The van der Waals surface area contributed by atoms with Gasteiger partial charge in [-0.2, -0.15) is 0 Å². The largest absolute Gasteiger partial charge is 0.430 e. The van der Waals surface area contributed by atoms with Crippen molar-refractivity contribution >= 4 is 34.0 Å². The second-order valence-corrected chi connectivity index (χ2v) is 6.26. The monoisotopic (exact) mass is 264 g/mol. The molecule has 0 radical (unpaired) electrons. The van der Waals surface area contributed by atoms with E-state index in [9.17, 15) is 9.59 Å². The van der Waals surface area contributed by atoms with Gasteiger partial charge in [0.1, 0.15) is 0 Å². The lowest BCUT2D eigenvalue weighted by molar-refractivity contribution is -0.160. The van der Waals surface area contributed by atoms with E-state index >= 15 is 0 Å². The molecule has 0 aromatic heterocycles. The average Bonchev–Trinajstić information content (AvgIpc) is 2.78. The minimum Gasteiger partial charge on any atom is -0.430 e. The molecule has 1 aliphatic rings. The molecule has 1 atom stereocenters. The molecule has 1 fully saturated rings. The van der Waals surface area contributed by atoms with E-state index in [0.29, 0.717) is 6.42 Å². The topological polar surface area (TPSA) is 52.6 Å². The van der Waals surface area contributed by atoms with E-state index in [4.69, 9.17) is 0 Å². The van der Waals surface area contributed by atoms with Crippen LogP contribution in [0.5, 0.6) is 0 Å². The van der Waals surface area contributed by atoms with Crippen LogP contribution in [0.15, 0.2) is 0 Å². The van der Waals surface area contributed by atoms with Gasteiger partial charge in [0.05, 0.1) is 0 Å². The molecule has 0 N–H and O–H groups in total. The Labute approximate surface area is 103 Å². The van der Waals surface area contributed by atoms with Gasteiger partial charge in [0, 0.05) is 17.4 Å². The average molecular weight is 264 g/mol. The zero-order valence-electron chi connectivity index (χ0n) is 9.05. The van der Waals surface area contributed by atoms with Crippen molar-refractivity contribution in [3.05, 3.63) is 0 Å². The third kappa shape index (κ3) is 6.27. The van der Waals surface area contributed by atoms with Crippen molar-refractivity contribution < 1.29 is 19.1 Å². The number of unbranched alkanes of at least 4 members (excludes halogenated alkanes) is 1. The molecule has 0 aromatic carbocycles. The molecule has 1 unspecified atom stereocenters. The van der Waals surface area contributed by atoms with Crippen molar-refractivity contribution in [1.29, 1.82) is 0 Å². The van der Waals surface area contributed by atoms with Gasteiger partial charge in [-0.25, -0.2) is 0 Å². The van der Waals surface area contributed by atoms with Crippen LogP contribution in [0.4, 0.5) is 0 Å². The maximum Gasteiger partial charge on any atom is 0.308 e. The quantitative estimate of drug-likeness (QED) is 0.220. The molecule has 0 bridgehead atoms. The van der Waals surface area contributed by atoms with Gasteiger partial charge in [-0.3, -0.25) is 9.59 Å². The minimum atomic E-state index is -0.296. The number of hydrogen-bond donors (Lipinski definition) is 0. The predicted molar refractivity (Wildman–Crippen MR) is 65.0 cm³/mol. The Morgan fingerprint density at radius 1 is 1.44 bits per heavy atom. The van der Waals surface area contributed by atoms with Crippen LogP contribution in [0.3, 0.4) is 0 Å². The van der Waals surface area contributed by atoms with Crippen molar-refractivity contribution in [2.45, 2.75) is 37.4 Å². The van der Waals surface area contributed by atoms with Crippen molar-refractivity contribution in [3.63, 3.8) is 0 Å². The lowest BCUT2D eigenvalue weighted by Crippen LogP contribution is -2.07. The molecule has 0 spiro atoms. The van der Waals surface area contributed by atoms with Gasteiger partial charge in [0.2, 0.25) is 6.79 Å². The van der Waals surface area contributed by atoms with Crippen LogP contribution in [0.2, 0.25) is 0 Å². The lowest BCUT2D eigenvalue weighted by Gasteiger charge is -2.06. The molecule has 1 heterocycles. The summed E-state index contributed by atoms with van der Waals surface area (Å²) in [6.07, 6.45) is 4.78. The fourth-order valence-corrected chi connectivity index (χ4v) is 4.43. The number of ether oxygens (including phenoxy) is 2. The Bertz CT molecular complexity index is 217. The lowest BCUT2D eigenvalue weighted by atomic mass is 10.1. The molecule has 0 amide bonds. The summed E-state index contributed by atoms with van der Waals surface area (Å²) in [6.45, 7) is -0.000284. The molecular weight excluding hydrogens is 248 g/mol. The third-order valence-corrected chi connectivity index (χ3v) is 5.25. The zero-order valence-corrected chi connectivity index (χ0v) is 10.7. The summed E-state index contributed by atoms with van der Waals surface area (Å²) in [6, 6.07) is 0. The van der Waals surface area contributed by atoms with E-state index < -0.39 is 0 Å². The molecule has 1 rings (SSSR count). The first-order chi connectivity index (χ1) is 7.83. The van der Waals surface area contributed by atoms with Crippen molar-refractivity contribution in [1.82, 2.24) is 0 Å². The molecule has 1 aliphatic heterocycles. The fraction of sp³-hybridized carbons (Fsp3) is 0.800. The highest BCUT2D eigenvalue weighted by atomic mass is 33.1. The van der Waals surface area contributed by atoms with Gasteiger partial charge >= 0.3 is 5.97 Å². The van der Waals surface area contributed by atoms with Gasteiger partial charge in [0.25, 0.3) is 6.47 Å². The standard InChI is InChI=1S/C10H16O4S2/c11-7-13-8-14-10(12)4-2-1-3-9-5-6-15-16-9/h7,9H,1-6,8H2. The van der Waals surface area contributed by atoms with Crippen molar-refractivity contribution in [2.24, 2.45) is 0 Å². The Balaban J connectivity index is 1.89. The third-order valence-electron chi connectivity index (χ3n) is 2.24. The SMILES string of the molecule is O=COCOC(=O)CCCCC1CCSS1. The molecule has 6 heteroatoms. The van der Waals surface area contributed by atoms with E-state index in [-0.39, 0.29) is 19.2 Å². The van der Waals surface area contributed by atoms with Crippen molar-refractivity contribution in [3.8, 4) is 0 Å². The first-order valence-corrected chi connectivity index (χ1v) is 7.70. The van der Waals surface area contributed by atoms with Gasteiger partial charge in [-0.05, 0) is 19.3 Å². The van der Waals surface area contributed by atoms with Crippen LogP contribution in [-0.2, 0) is 19.1 Å². The molecule has 0 saturated carbocycles. The summed E-state index contributed by atoms with van der Waals surface area (Å²) in [5.74, 6) is 0.954. The van der Waals surface area contributed by atoms with Crippen LogP contribution >= 0.6 is 21.6 Å². The molecule has 0 aromatic rings. The number of carbonyl (C=O) groups is 2. The molecule has 92 valence electrons. The maximum atomic E-state index is 11.1. The van der Waals surface area contributed by atoms with Gasteiger partial charge in [0.15, 0.2) is 0 Å². The van der Waals surface area contributed by atoms with Gasteiger partial charge < -0.3 is 9.47 Å². The number of carbonyl (C=O) groups excluding carboxylic acids is 2. The van der Waals surface area contributed by atoms with Crippen LogP contribution in [0, 0.1) is 0 Å². The molecule has 0 aliphatic carbocycles. The first kappa shape index (κ1) is 13.7. The Morgan fingerprint density at radius 2 is 2.31 bits per heavy atom. The highest BCUT2D eigenvalue weighted by Gasteiger charge is 2.15. The van der Waals surface area contributed by atoms with E-state index in [1.54, 1.807) is 0 Å².